The van der Waals surface area contributed by atoms with Crippen LogP contribution in [0.15, 0.2) is 24.3 Å². The Morgan fingerprint density at radius 1 is 1.02 bits per heavy atom. The van der Waals surface area contributed by atoms with Gasteiger partial charge >= 0.3 is 12.2 Å². The van der Waals surface area contributed by atoms with Crippen molar-refractivity contribution in [1.82, 2.24) is 30.5 Å². The summed E-state index contributed by atoms with van der Waals surface area (Å²) in [6.45, 7) is 16.6. The summed E-state index contributed by atoms with van der Waals surface area (Å²) in [6.07, 6.45) is -2.02. The molecule has 0 radical (unpaired) electrons. The number of carbonyl (C=O) groups is 4. The third kappa shape index (κ3) is 10.2. The smallest absolute Gasteiger partial charge is 0.408 e. The molecule has 15 nitrogen and oxygen atoms in total. The Hall–Kier alpha value is -4.50. The number of nitrogens with zero attached hydrogens (tertiary/aromatic N) is 3. The Balaban J connectivity index is 1.91. The fraction of sp³-hybridized carbons (Fsp3) is 0.562. The SMILES string of the molecule is CCOCc1nc2c(NC(=O)C(C)NC(=O)OC(C)(C)C)nc3ccccc3c2n1CC(C)(C)OCCNC(=O)C(C)(C)NC(=O)O. The molecule has 0 spiro atoms. The molecule has 2 heterocycles. The first-order chi connectivity index (χ1) is 21.8. The second kappa shape index (κ2) is 14.9. The highest BCUT2D eigenvalue weighted by Crippen LogP contribution is 2.32. The van der Waals surface area contributed by atoms with E-state index in [0.717, 1.165) is 5.39 Å². The van der Waals surface area contributed by atoms with Crippen molar-refractivity contribution in [3.8, 4) is 0 Å². The number of pyridine rings is 1. The van der Waals surface area contributed by atoms with Gasteiger partial charge in [-0.25, -0.2) is 19.6 Å². The monoisotopic (exact) mass is 657 g/mol. The number of ether oxygens (including phenoxy) is 3. The fourth-order valence-corrected chi connectivity index (χ4v) is 4.68. The number of hydrogen-bond donors (Lipinski definition) is 5. The maximum atomic E-state index is 13.2. The molecule has 258 valence electrons. The summed E-state index contributed by atoms with van der Waals surface area (Å²) in [5.41, 5.74) is -1.04. The number of alkyl carbamates (subject to hydrolysis) is 1. The number of hydrogen-bond acceptors (Lipinski definition) is 9. The highest BCUT2D eigenvalue weighted by molar-refractivity contribution is 6.10. The third-order valence-corrected chi connectivity index (χ3v) is 6.87. The van der Waals surface area contributed by atoms with Crippen molar-refractivity contribution in [2.24, 2.45) is 0 Å². The van der Waals surface area contributed by atoms with Gasteiger partial charge in [-0.2, -0.15) is 0 Å². The van der Waals surface area contributed by atoms with Crippen LogP contribution in [0.2, 0.25) is 0 Å². The number of para-hydroxylation sites is 1. The number of carboxylic acid groups (broad SMARTS) is 1. The van der Waals surface area contributed by atoms with Gasteiger partial charge in [0.15, 0.2) is 5.82 Å². The van der Waals surface area contributed by atoms with Gasteiger partial charge in [-0.15, -0.1) is 0 Å². The van der Waals surface area contributed by atoms with Crippen molar-refractivity contribution in [2.45, 2.75) is 98.2 Å². The van der Waals surface area contributed by atoms with Crippen LogP contribution in [-0.2, 0) is 37.0 Å². The molecule has 0 saturated carbocycles. The van der Waals surface area contributed by atoms with Crippen molar-refractivity contribution in [3.63, 3.8) is 0 Å². The van der Waals surface area contributed by atoms with E-state index >= 15 is 0 Å². The van der Waals surface area contributed by atoms with E-state index in [9.17, 15) is 19.2 Å². The van der Waals surface area contributed by atoms with E-state index in [2.05, 4.69) is 21.3 Å². The normalized spacial score (nSPS) is 12.9. The van der Waals surface area contributed by atoms with E-state index < -0.39 is 46.8 Å². The zero-order chi connectivity index (χ0) is 35.2. The minimum Gasteiger partial charge on any atom is -0.465 e. The molecule has 0 fully saturated rings. The van der Waals surface area contributed by atoms with Crippen LogP contribution < -0.4 is 21.3 Å². The molecular formula is C32H47N7O8. The first-order valence-corrected chi connectivity index (χ1v) is 15.4. The van der Waals surface area contributed by atoms with Crippen molar-refractivity contribution < 1.29 is 38.5 Å². The highest BCUT2D eigenvalue weighted by Gasteiger charge is 2.30. The van der Waals surface area contributed by atoms with Crippen molar-refractivity contribution in [2.75, 3.05) is 25.1 Å². The lowest BCUT2D eigenvalue weighted by Gasteiger charge is -2.28. The van der Waals surface area contributed by atoms with Gasteiger partial charge in [-0.3, -0.25) is 9.59 Å². The second-order valence-corrected chi connectivity index (χ2v) is 13.2. The van der Waals surface area contributed by atoms with E-state index in [1.165, 1.54) is 13.8 Å². The summed E-state index contributed by atoms with van der Waals surface area (Å²) < 4.78 is 19.2. The average molecular weight is 658 g/mol. The van der Waals surface area contributed by atoms with E-state index in [4.69, 9.17) is 29.3 Å². The molecule has 0 bridgehead atoms. The molecule has 5 N–H and O–H groups in total. The zero-order valence-corrected chi connectivity index (χ0v) is 28.6. The van der Waals surface area contributed by atoms with Gasteiger partial charge in [-0.05, 0) is 68.4 Å². The minimum absolute atomic E-state index is 0.154. The summed E-state index contributed by atoms with van der Waals surface area (Å²) in [5.74, 6) is -0.183. The van der Waals surface area contributed by atoms with Crippen LogP contribution in [0.1, 0.15) is 68.1 Å². The number of nitrogens with one attached hydrogen (secondary N) is 4. The number of imidazole rings is 1. The number of aromatic nitrogens is 3. The zero-order valence-electron chi connectivity index (χ0n) is 28.6. The molecule has 2 aromatic heterocycles. The molecule has 3 aromatic rings. The summed E-state index contributed by atoms with van der Waals surface area (Å²) >= 11 is 0. The minimum atomic E-state index is -1.31. The van der Waals surface area contributed by atoms with Crippen LogP contribution in [0.3, 0.4) is 0 Å². The van der Waals surface area contributed by atoms with Crippen LogP contribution in [0, 0.1) is 0 Å². The van der Waals surface area contributed by atoms with Gasteiger partial charge in [0.05, 0.1) is 29.8 Å². The predicted octanol–water partition coefficient (Wildman–Crippen LogP) is 3.93. The molecule has 1 atom stereocenters. The van der Waals surface area contributed by atoms with E-state index in [-0.39, 0.29) is 25.6 Å². The summed E-state index contributed by atoms with van der Waals surface area (Å²) in [6, 6.07) is 6.55. The van der Waals surface area contributed by atoms with Crippen LogP contribution in [0.4, 0.5) is 15.4 Å². The first-order valence-electron chi connectivity index (χ1n) is 15.4. The molecule has 0 aliphatic carbocycles. The van der Waals surface area contributed by atoms with Crippen LogP contribution in [0.25, 0.3) is 21.9 Å². The Labute approximate surface area is 274 Å². The Bertz CT molecular complexity index is 1610. The summed E-state index contributed by atoms with van der Waals surface area (Å²) in [7, 11) is 0. The molecule has 0 aliphatic rings. The van der Waals surface area contributed by atoms with Crippen molar-refractivity contribution in [1.29, 1.82) is 0 Å². The standard InChI is InChI=1S/C32H47N7O8/c1-10-45-17-22-36-23-24(39(22)18-31(6,7)46-16-15-33-27(41)32(8,9)38-28(42)43)20-13-11-12-14-21(20)35-25(23)37-26(40)19(2)34-29(44)47-30(3,4)5/h11-14,19,38H,10,15-18H2,1-9H3,(H,33,41)(H,34,44)(H,42,43)(H,35,37,40). The van der Waals surface area contributed by atoms with Gasteiger partial charge in [0, 0.05) is 18.5 Å². The van der Waals surface area contributed by atoms with Crippen LogP contribution >= 0.6 is 0 Å². The lowest BCUT2D eigenvalue weighted by Crippen LogP contribution is -2.55. The second-order valence-electron chi connectivity index (χ2n) is 13.2. The topological polar surface area (TPSA) is 195 Å². The summed E-state index contributed by atoms with van der Waals surface area (Å²) in [5, 5.41) is 20.0. The van der Waals surface area contributed by atoms with Gasteiger partial charge in [-0.1, -0.05) is 18.2 Å². The maximum absolute atomic E-state index is 13.2. The largest absolute Gasteiger partial charge is 0.465 e. The number of amides is 4. The first kappa shape index (κ1) is 37.0. The molecule has 4 amide bonds. The lowest BCUT2D eigenvalue weighted by molar-refractivity contribution is -0.127. The Kier molecular flexibility index (Phi) is 11.7. The number of anilines is 1. The summed E-state index contributed by atoms with van der Waals surface area (Å²) in [4.78, 5) is 58.6. The van der Waals surface area contributed by atoms with Crippen molar-refractivity contribution in [3.05, 3.63) is 30.1 Å². The fourth-order valence-electron chi connectivity index (χ4n) is 4.68. The average Bonchev–Trinajstić information content (AvgIpc) is 3.30. The Morgan fingerprint density at radius 3 is 2.34 bits per heavy atom. The predicted molar refractivity (Wildman–Crippen MR) is 176 cm³/mol. The molecule has 3 rings (SSSR count). The van der Waals surface area contributed by atoms with E-state index in [1.54, 1.807) is 27.7 Å². The molecule has 0 aliphatic heterocycles. The number of benzene rings is 1. The molecule has 1 unspecified atom stereocenters. The van der Waals surface area contributed by atoms with Crippen LogP contribution in [0.5, 0.6) is 0 Å². The van der Waals surface area contributed by atoms with Gasteiger partial charge in [0.2, 0.25) is 11.8 Å². The maximum Gasteiger partial charge on any atom is 0.408 e. The highest BCUT2D eigenvalue weighted by atomic mass is 16.6. The molecule has 47 heavy (non-hydrogen) atoms. The van der Waals surface area contributed by atoms with Crippen molar-refractivity contribution >= 4 is 51.8 Å². The lowest BCUT2D eigenvalue weighted by atomic mass is 10.1. The number of fused-ring (bicyclic) bond motifs is 3. The molecule has 1 aromatic carbocycles. The quantitative estimate of drug-likeness (QED) is 0.159. The molecule has 15 heteroatoms. The van der Waals surface area contributed by atoms with E-state index in [0.29, 0.717) is 35.5 Å². The Morgan fingerprint density at radius 2 is 1.70 bits per heavy atom. The van der Waals surface area contributed by atoms with Gasteiger partial charge in [0.1, 0.15) is 35.1 Å². The molecule has 0 saturated heterocycles. The third-order valence-electron chi connectivity index (χ3n) is 6.87. The van der Waals surface area contributed by atoms with Gasteiger partial charge < -0.3 is 45.2 Å². The van der Waals surface area contributed by atoms with E-state index in [1.807, 2.05) is 49.6 Å². The molecular weight excluding hydrogens is 610 g/mol. The number of carbonyl (C=O) groups excluding carboxylic acids is 3. The number of rotatable bonds is 14. The van der Waals surface area contributed by atoms with Crippen LogP contribution in [-0.4, -0.2) is 86.2 Å². The van der Waals surface area contributed by atoms with Gasteiger partial charge in [0.25, 0.3) is 0 Å².